The average Bonchev–Trinajstić information content (AvgIpc) is 2.94. The summed E-state index contributed by atoms with van der Waals surface area (Å²) in [6.07, 6.45) is -2.09. The number of halogens is 3. The zero-order valence-corrected chi connectivity index (χ0v) is 14.0. The molecule has 6 nitrogen and oxygen atoms in total. The molecule has 136 valence electrons. The van der Waals surface area contributed by atoms with Crippen LogP contribution in [0.2, 0.25) is 0 Å². The number of hydrogen-bond donors (Lipinski definition) is 1. The van der Waals surface area contributed by atoms with Crippen molar-refractivity contribution in [2.24, 2.45) is 7.05 Å². The first-order valence-electron chi connectivity index (χ1n) is 7.64. The van der Waals surface area contributed by atoms with Crippen LogP contribution in [-0.4, -0.2) is 26.8 Å². The van der Waals surface area contributed by atoms with Crippen LogP contribution in [0.25, 0.3) is 11.0 Å². The number of aryl methyl sites for hydroxylation is 2. The molecule has 3 rings (SSSR count). The van der Waals surface area contributed by atoms with Gasteiger partial charge in [0, 0.05) is 31.4 Å². The number of benzene rings is 1. The van der Waals surface area contributed by atoms with Crippen LogP contribution in [0.4, 0.5) is 13.2 Å². The third kappa shape index (κ3) is 3.76. The molecule has 0 fully saturated rings. The monoisotopic (exact) mass is 364 g/mol. The first-order chi connectivity index (χ1) is 12.2. The number of alkyl halides is 3. The second-order valence-corrected chi connectivity index (χ2v) is 5.70. The van der Waals surface area contributed by atoms with E-state index in [1.54, 1.807) is 6.33 Å². The zero-order chi connectivity index (χ0) is 18.9. The van der Waals surface area contributed by atoms with E-state index in [4.69, 9.17) is 0 Å². The number of pyridine rings is 1. The lowest BCUT2D eigenvalue weighted by Crippen LogP contribution is -2.24. The molecule has 9 heteroatoms. The highest BCUT2D eigenvalue weighted by atomic mass is 19.4. The second-order valence-electron chi connectivity index (χ2n) is 5.70. The highest BCUT2D eigenvalue weighted by Crippen LogP contribution is 2.22. The predicted molar refractivity (Wildman–Crippen MR) is 87.5 cm³/mol. The quantitative estimate of drug-likeness (QED) is 0.772. The second kappa shape index (κ2) is 6.66. The van der Waals surface area contributed by atoms with Gasteiger partial charge in [0.15, 0.2) is 0 Å². The maximum atomic E-state index is 12.2. The number of ether oxygens (including phenoxy) is 1. The van der Waals surface area contributed by atoms with Crippen molar-refractivity contribution in [1.29, 1.82) is 0 Å². The Morgan fingerprint density at radius 2 is 2.00 bits per heavy atom. The minimum absolute atomic E-state index is 0.134. The number of rotatable bonds is 4. The van der Waals surface area contributed by atoms with Crippen molar-refractivity contribution in [2.45, 2.75) is 19.8 Å². The number of nitrogens with zero attached hydrogens (tertiary/aromatic N) is 3. The summed E-state index contributed by atoms with van der Waals surface area (Å²) < 4.78 is 41.9. The molecule has 1 aromatic carbocycles. The van der Waals surface area contributed by atoms with Crippen LogP contribution in [0.5, 0.6) is 5.88 Å². The molecule has 3 aromatic rings. The number of carbonyl (C=O) groups excluding carboxylic acids is 1. The first-order valence-corrected chi connectivity index (χ1v) is 7.64. The van der Waals surface area contributed by atoms with Crippen molar-refractivity contribution < 1.29 is 22.7 Å². The fourth-order valence-corrected chi connectivity index (χ4v) is 2.62. The highest BCUT2D eigenvalue weighted by Gasteiger charge is 2.31. The standard InChI is InChI=1S/C17H15F3N4O2/c1-10-3-5-13-15(24(2)9-23-13)12(10)8-22-16(25)11-4-6-14(21-7-11)26-17(18,19)20/h3-7,9H,8H2,1-2H3,(H,22,25). The van der Waals surface area contributed by atoms with Crippen LogP contribution >= 0.6 is 0 Å². The van der Waals surface area contributed by atoms with Crippen molar-refractivity contribution in [1.82, 2.24) is 19.9 Å². The summed E-state index contributed by atoms with van der Waals surface area (Å²) in [6, 6.07) is 6.04. The Balaban J connectivity index is 1.73. The summed E-state index contributed by atoms with van der Waals surface area (Å²) >= 11 is 0. The molecular formula is C17H15F3N4O2. The van der Waals surface area contributed by atoms with Gasteiger partial charge in [0.05, 0.1) is 22.9 Å². The van der Waals surface area contributed by atoms with E-state index in [9.17, 15) is 18.0 Å². The summed E-state index contributed by atoms with van der Waals surface area (Å²) in [5.41, 5.74) is 3.78. The van der Waals surface area contributed by atoms with Gasteiger partial charge in [0.2, 0.25) is 5.88 Å². The Bertz CT molecular complexity index is 949. The van der Waals surface area contributed by atoms with Crippen LogP contribution < -0.4 is 10.1 Å². The van der Waals surface area contributed by atoms with E-state index >= 15 is 0 Å². The van der Waals surface area contributed by atoms with Crippen molar-refractivity contribution >= 4 is 16.9 Å². The molecule has 2 aromatic heterocycles. The van der Waals surface area contributed by atoms with E-state index in [0.29, 0.717) is 0 Å². The van der Waals surface area contributed by atoms with Crippen LogP contribution in [0.15, 0.2) is 36.8 Å². The molecule has 0 saturated carbocycles. The molecule has 0 spiro atoms. The molecule has 0 bridgehead atoms. The molecule has 0 aliphatic heterocycles. The van der Waals surface area contributed by atoms with Crippen molar-refractivity contribution in [2.75, 3.05) is 0 Å². The van der Waals surface area contributed by atoms with Gasteiger partial charge >= 0.3 is 6.36 Å². The Kier molecular flexibility index (Phi) is 4.54. The van der Waals surface area contributed by atoms with E-state index in [2.05, 4.69) is 20.0 Å². The van der Waals surface area contributed by atoms with Gasteiger partial charge in [-0.25, -0.2) is 9.97 Å². The Morgan fingerprint density at radius 3 is 2.65 bits per heavy atom. The van der Waals surface area contributed by atoms with E-state index in [1.807, 2.05) is 30.7 Å². The van der Waals surface area contributed by atoms with Gasteiger partial charge in [-0.2, -0.15) is 0 Å². The highest BCUT2D eigenvalue weighted by molar-refractivity contribution is 5.94. The number of aromatic nitrogens is 3. The number of fused-ring (bicyclic) bond motifs is 1. The third-order valence-electron chi connectivity index (χ3n) is 3.86. The molecule has 0 saturated heterocycles. The molecule has 0 atom stereocenters. The molecule has 0 aliphatic rings. The van der Waals surface area contributed by atoms with Gasteiger partial charge < -0.3 is 14.6 Å². The van der Waals surface area contributed by atoms with Gasteiger partial charge in [-0.05, 0) is 24.6 Å². The summed E-state index contributed by atoms with van der Waals surface area (Å²) in [7, 11) is 1.86. The summed E-state index contributed by atoms with van der Waals surface area (Å²) in [5, 5.41) is 2.75. The van der Waals surface area contributed by atoms with E-state index in [-0.39, 0.29) is 12.1 Å². The van der Waals surface area contributed by atoms with Crippen molar-refractivity contribution in [3.8, 4) is 5.88 Å². The minimum atomic E-state index is -4.82. The Labute approximate surface area is 146 Å². The van der Waals surface area contributed by atoms with Crippen LogP contribution in [-0.2, 0) is 13.6 Å². The molecule has 0 aliphatic carbocycles. The van der Waals surface area contributed by atoms with Gasteiger partial charge in [-0.1, -0.05) is 6.07 Å². The smallest absolute Gasteiger partial charge is 0.388 e. The molecule has 26 heavy (non-hydrogen) atoms. The maximum absolute atomic E-state index is 12.2. The number of imidazole rings is 1. The summed E-state index contributed by atoms with van der Waals surface area (Å²) in [4.78, 5) is 20.0. The molecule has 0 radical (unpaired) electrons. The van der Waals surface area contributed by atoms with Crippen molar-refractivity contribution in [3.05, 3.63) is 53.5 Å². The topological polar surface area (TPSA) is 69.0 Å². The first kappa shape index (κ1) is 17.7. The molecule has 2 heterocycles. The fraction of sp³-hybridized carbons (Fsp3) is 0.235. The number of amides is 1. The van der Waals surface area contributed by atoms with E-state index in [0.717, 1.165) is 34.4 Å². The lowest BCUT2D eigenvalue weighted by atomic mass is 10.1. The predicted octanol–water partition coefficient (Wildman–Crippen LogP) is 3.11. The third-order valence-corrected chi connectivity index (χ3v) is 3.86. The lowest BCUT2D eigenvalue weighted by molar-refractivity contribution is -0.276. The summed E-state index contributed by atoms with van der Waals surface area (Å²) in [6.45, 7) is 2.18. The SMILES string of the molecule is Cc1ccc2ncn(C)c2c1CNC(=O)c1ccc(OC(F)(F)F)nc1. The van der Waals surface area contributed by atoms with Crippen molar-refractivity contribution in [3.63, 3.8) is 0 Å². The lowest BCUT2D eigenvalue weighted by Gasteiger charge is -2.11. The van der Waals surface area contributed by atoms with E-state index < -0.39 is 18.1 Å². The number of hydrogen-bond acceptors (Lipinski definition) is 4. The molecule has 0 unspecified atom stereocenters. The Hall–Kier alpha value is -3.10. The van der Waals surface area contributed by atoms with Gasteiger partial charge in [0.1, 0.15) is 0 Å². The summed E-state index contributed by atoms with van der Waals surface area (Å²) in [5.74, 6) is -1.07. The molecule has 1 amide bonds. The van der Waals surface area contributed by atoms with Gasteiger partial charge in [-0.3, -0.25) is 4.79 Å². The minimum Gasteiger partial charge on any atom is -0.388 e. The molecule has 1 N–H and O–H groups in total. The molecular weight excluding hydrogens is 349 g/mol. The average molecular weight is 364 g/mol. The largest absolute Gasteiger partial charge is 0.574 e. The van der Waals surface area contributed by atoms with Crippen LogP contribution in [0.1, 0.15) is 21.5 Å². The van der Waals surface area contributed by atoms with Crippen LogP contribution in [0.3, 0.4) is 0 Å². The maximum Gasteiger partial charge on any atom is 0.574 e. The normalized spacial score (nSPS) is 11.6. The van der Waals surface area contributed by atoms with Gasteiger partial charge in [-0.15, -0.1) is 13.2 Å². The fourth-order valence-electron chi connectivity index (χ4n) is 2.62. The van der Waals surface area contributed by atoms with E-state index in [1.165, 1.54) is 6.07 Å². The number of nitrogens with one attached hydrogen (secondary N) is 1. The van der Waals surface area contributed by atoms with Crippen LogP contribution in [0, 0.1) is 6.92 Å². The number of carbonyl (C=O) groups is 1. The zero-order valence-electron chi connectivity index (χ0n) is 14.0. The van der Waals surface area contributed by atoms with Gasteiger partial charge in [0.25, 0.3) is 5.91 Å². The Morgan fingerprint density at radius 1 is 1.23 bits per heavy atom.